The molecular weight excluding hydrogens is 436 g/mol. The number of benzene rings is 3. The van der Waals surface area contributed by atoms with Gasteiger partial charge >= 0.3 is 5.97 Å². The largest absolute Gasteiger partial charge is 0.462 e. The van der Waals surface area contributed by atoms with Crippen molar-refractivity contribution >= 4 is 35.2 Å². The Hall–Kier alpha value is -3.58. The molecule has 3 aromatic carbocycles. The Labute approximate surface area is 196 Å². The van der Waals surface area contributed by atoms with Gasteiger partial charge in [-0.2, -0.15) is 0 Å². The summed E-state index contributed by atoms with van der Waals surface area (Å²) in [6.07, 6.45) is 0. The van der Waals surface area contributed by atoms with E-state index in [0.29, 0.717) is 35.7 Å². The van der Waals surface area contributed by atoms with Crippen molar-refractivity contribution in [1.29, 1.82) is 0 Å². The Morgan fingerprint density at radius 3 is 2.30 bits per heavy atom. The summed E-state index contributed by atoms with van der Waals surface area (Å²) in [4.78, 5) is 38.7. The van der Waals surface area contributed by atoms with Crippen molar-refractivity contribution in [3.8, 4) is 0 Å². The predicted octanol–water partition coefficient (Wildman–Crippen LogP) is 4.89. The molecule has 1 N–H and O–H groups in total. The molecule has 7 heteroatoms. The second kappa shape index (κ2) is 10.4. The lowest BCUT2D eigenvalue weighted by atomic mass is 10.1. The van der Waals surface area contributed by atoms with E-state index >= 15 is 0 Å². The molecule has 1 atom stereocenters. The number of hydrogen-bond acceptors (Lipinski definition) is 5. The van der Waals surface area contributed by atoms with Gasteiger partial charge in [-0.25, -0.2) is 4.79 Å². The molecule has 0 saturated carbocycles. The summed E-state index contributed by atoms with van der Waals surface area (Å²) in [5.74, 6) is -0.0826. The molecule has 4 rings (SSSR count). The van der Waals surface area contributed by atoms with Crippen LogP contribution in [0.2, 0.25) is 0 Å². The summed E-state index contributed by atoms with van der Waals surface area (Å²) in [7, 11) is 0. The highest BCUT2D eigenvalue weighted by Crippen LogP contribution is 2.39. The van der Waals surface area contributed by atoms with E-state index in [0.717, 1.165) is 11.1 Å². The zero-order chi connectivity index (χ0) is 23.2. The normalized spacial score (nSPS) is 15.4. The summed E-state index contributed by atoms with van der Waals surface area (Å²) in [6, 6.07) is 23.8. The van der Waals surface area contributed by atoms with Crippen molar-refractivity contribution in [1.82, 2.24) is 4.90 Å². The zero-order valence-corrected chi connectivity index (χ0v) is 19.0. The Morgan fingerprint density at radius 1 is 0.970 bits per heavy atom. The molecule has 3 aromatic rings. The average Bonchev–Trinajstić information content (AvgIpc) is 3.20. The third-order valence-electron chi connectivity index (χ3n) is 5.28. The molecule has 6 nitrogen and oxygen atoms in total. The third kappa shape index (κ3) is 5.43. The van der Waals surface area contributed by atoms with E-state index in [9.17, 15) is 14.4 Å². The molecular formula is C26H24N2O4S. The first-order chi connectivity index (χ1) is 16.0. The smallest absolute Gasteiger partial charge is 0.338 e. The number of ether oxygens (including phenoxy) is 1. The molecule has 0 bridgehead atoms. The number of carbonyl (C=O) groups is 3. The SMILES string of the molecule is CCOC(=O)c1ccc(NC(=O)c2ccc(C3SCC(=O)N3Cc3ccccc3)cc2)cc1. The van der Waals surface area contributed by atoms with Gasteiger partial charge in [0.1, 0.15) is 5.37 Å². The number of carbonyl (C=O) groups excluding carboxylic acids is 3. The van der Waals surface area contributed by atoms with E-state index in [1.54, 1.807) is 55.1 Å². The van der Waals surface area contributed by atoms with Crippen molar-refractivity contribution in [2.24, 2.45) is 0 Å². The van der Waals surface area contributed by atoms with Crippen LogP contribution in [0.15, 0.2) is 78.9 Å². The van der Waals surface area contributed by atoms with Crippen LogP contribution in [-0.2, 0) is 16.1 Å². The minimum Gasteiger partial charge on any atom is -0.462 e. The summed E-state index contributed by atoms with van der Waals surface area (Å²) in [6.45, 7) is 2.62. The van der Waals surface area contributed by atoms with Crippen LogP contribution in [0.3, 0.4) is 0 Å². The predicted molar refractivity (Wildman–Crippen MR) is 129 cm³/mol. The highest BCUT2D eigenvalue weighted by molar-refractivity contribution is 8.00. The molecule has 0 radical (unpaired) electrons. The van der Waals surface area contributed by atoms with E-state index < -0.39 is 5.97 Å². The first kappa shape index (κ1) is 22.6. The quantitative estimate of drug-likeness (QED) is 0.508. The number of nitrogens with one attached hydrogen (secondary N) is 1. The molecule has 0 aliphatic carbocycles. The second-order valence-electron chi connectivity index (χ2n) is 7.54. The van der Waals surface area contributed by atoms with Crippen LogP contribution < -0.4 is 5.32 Å². The van der Waals surface area contributed by atoms with Gasteiger partial charge in [0.2, 0.25) is 5.91 Å². The average molecular weight is 461 g/mol. The molecule has 1 heterocycles. The van der Waals surface area contributed by atoms with Gasteiger partial charge in [0.05, 0.1) is 17.9 Å². The maximum Gasteiger partial charge on any atom is 0.338 e. The van der Waals surface area contributed by atoms with E-state index in [2.05, 4.69) is 5.32 Å². The highest BCUT2D eigenvalue weighted by atomic mass is 32.2. The standard InChI is InChI=1S/C26H24N2O4S/c1-2-32-26(31)21-12-14-22(15-13-21)27-24(30)19-8-10-20(11-9-19)25-28(23(29)17-33-25)16-18-6-4-3-5-7-18/h3-15,25H,2,16-17H2,1H3,(H,27,30). The van der Waals surface area contributed by atoms with Gasteiger partial charge in [0, 0.05) is 17.8 Å². The fourth-order valence-corrected chi connectivity index (χ4v) is 4.78. The molecule has 0 aromatic heterocycles. The number of amides is 2. The Balaban J connectivity index is 1.41. The van der Waals surface area contributed by atoms with Gasteiger partial charge in [-0.05, 0) is 54.4 Å². The Bertz CT molecular complexity index is 1130. The summed E-state index contributed by atoms with van der Waals surface area (Å²) < 4.78 is 4.97. The monoisotopic (exact) mass is 460 g/mol. The minimum absolute atomic E-state index is 0.0785. The Kier molecular flexibility index (Phi) is 7.10. The Morgan fingerprint density at radius 2 is 1.64 bits per heavy atom. The molecule has 1 aliphatic rings. The minimum atomic E-state index is -0.393. The molecule has 0 spiro atoms. The van der Waals surface area contributed by atoms with Crippen molar-refractivity contribution in [3.05, 3.63) is 101 Å². The molecule has 1 unspecified atom stereocenters. The van der Waals surface area contributed by atoms with E-state index in [4.69, 9.17) is 4.74 Å². The molecule has 168 valence electrons. The van der Waals surface area contributed by atoms with Crippen molar-refractivity contribution in [2.75, 3.05) is 17.7 Å². The fraction of sp³-hybridized carbons (Fsp3) is 0.192. The zero-order valence-electron chi connectivity index (χ0n) is 18.2. The molecule has 1 saturated heterocycles. The number of anilines is 1. The number of thioether (sulfide) groups is 1. The van der Waals surface area contributed by atoms with Gasteiger partial charge in [-0.3, -0.25) is 9.59 Å². The van der Waals surface area contributed by atoms with Gasteiger partial charge in [0.25, 0.3) is 5.91 Å². The van der Waals surface area contributed by atoms with E-state index in [1.807, 2.05) is 47.4 Å². The van der Waals surface area contributed by atoms with Crippen LogP contribution in [0, 0.1) is 0 Å². The number of esters is 1. The van der Waals surface area contributed by atoms with Gasteiger partial charge in [-0.15, -0.1) is 11.8 Å². The summed E-state index contributed by atoms with van der Waals surface area (Å²) in [5, 5.41) is 2.75. The number of rotatable bonds is 7. The van der Waals surface area contributed by atoms with Crippen molar-refractivity contribution in [3.63, 3.8) is 0 Å². The lowest BCUT2D eigenvalue weighted by Crippen LogP contribution is -2.27. The molecule has 2 amide bonds. The van der Waals surface area contributed by atoms with Crippen LogP contribution >= 0.6 is 11.8 Å². The maximum atomic E-state index is 12.7. The second-order valence-corrected chi connectivity index (χ2v) is 8.61. The molecule has 1 aliphatic heterocycles. The molecule has 33 heavy (non-hydrogen) atoms. The number of hydrogen-bond donors (Lipinski definition) is 1. The molecule has 1 fully saturated rings. The van der Waals surface area contributed by atoms with Crippen LogP contribution in [0.1, 0.15) is 44.1 Å². The number of nitrogens with zero attached hydrogens (tertiary/aromatic N) is 1. The van der Waals surface area contributed by atoms with Crippen molar-refractivity contribution < 1.29 is 19.1 Å². The summed E-state index contributed by atoms with van der Waals surface area (Å²) in [5.41, 5.74) is 3.60. The van der Waals surface area contributed by atoms with Crippen LogP contribution in [0.5, 0.6) is 0 Å². The fourth-order valence-electron chi connectivity index (χ4n) is 3.59. The first-order valence-corrected chi connectivity index (χ1v) is 11.7. The van der Waals surface area contributed by atoms with Crippen LogP contribution in [0.4, 0.5) is 5.69 Å². The van der Waals surface area contributed by atoms with Crippen LogP contribution in [-0.4, -0.2) is 35.0 Å². The lowest BCUT2D eigenvalue weighted by molar-refractivity contribution is -0.128. The van der Waals surface area contributed by atoms with Gasteiger partial charge < -0.3 is 15.0 Å². The van der Waals surface area contributed by atoms with Crippen LogP contribution in [0.25, 0.3) is 0 Å². The van der Waals surface area contributed by atoms with Crippen molar-refractivity contribution in [2.45, 2.75) is 18.8 Å². The topological polar surface area (TPSA) is 75.7 Å². The van der Waals surface area contributed by atoms with E-state index in [1.165, 1.54) is 0 Å². The third-order valence-corrected chi connectivity index (χ3v) is 6.53. The summed E-state index contributed by atoms with van der Waals surface area (Å²) >= 11 is 1.59. The van der Waals surface area contributed by atoms with Gasteiger partial charge in [0.15, 0.2) is 0 Å². The highest BCUT2D eigenvalue weighted by Gasteiger charge is 2.32. The maximum absolute atomic E-state index is 12.7. The lowest BCUT2D eigenvalue weighted by Gasteiger charge is -2.24. The van der Waals surface area contributed by atoms with E-state index in [-0.39, 0.29) is 17.2 Å². The van der Waals surface area contributed by atoms with Gasteiger partial charge in [-0.1, -0.05) is 42.5 Å². The first-order valence-electron chi connectivity index (χ1n) is 10.7.